The number of aryl methyl sites for hydroxylation is 2. The predicted molar refractivity (Wildman–Crippen MR) is 154 cm³/mol. The van der Waals surface area contributed by atoms with Gasteiger partial charge in [-0.1, -0.05) is 85.3 Å². The van der Waals surface area contributed by atoms with Crippen molar-refractivity contribution in [3.63, 3.8) is 0 Å². The molecule has 208 valence electrons. The molecular formula is C35H38O5. The minimum atomic E-state index is -0.857. The maximum Gasteiger partial charge on any atom is 0.518 e. The Labute approximate surface area is 236 Å². The third-order valence-electron chi connectivity index (χ3n) is 9.68. The van der Waals surface area contributed by atoms with E-state index >= 15 is 0 Å². The molecule has 0 aromatic heterocycles. The molecule has 2 spiro atoms. The molecule has 4 aliphatic carbocycles. The zero-order valence-corrected chi connectivity index (χ0v) is 23.6. The molecule has 4 aliphatic rings. The molecule has 0 saturated heterocycles. The Morgan fingerprint density at radius 2 is 0.925 bits per heavy atom. The second-order valence-corrected chi connectivity index (χ2v) is 12.8. The highest BCUT2D eigenvalue weighted by Gasteiger charge is 2.45. The van der Waals surface area contributed by atoms with E-state index in [9.17, 15) is 14.4 Å². The van der Waals surface area contributed by atoms with Crippen molar-refractivity contribution in [2.24, 2.45) is 10.8 Å². The van der Waals surface area contributed by atoms with Crippen molar-refractivity contribution in [1.29, 1.82) is 0 Å². The van der Waals surface area contributed by atoms with Gasteiger partial charge in [-0.05, 0) is 61.5 Å². The summed E-state index contributed by atoms with van der Waals surface area (Å²) in [6.45, 7) is 4.01. The second kappa shape index (κ2) is 10.5. The summed E-state index contributed by atoms with van der Waals surface area (Å²) < 4.78 is 12.0. The van der Waals surface area contributed by atoms with Crippen LogP contribution in [0.25, 0.3) is 11.1 Å². The van der Waals surface area contributed by atoms with Crippen LogP contribution in [0.1, 0.15) is 99.3 Å². The van der Waals surface area contributed by atoms with E-state index in [1.54, 1.807) is 0 Å². The molecule has 5 heteroatoms. The number of Topliss-reactive ketones (excluding diaryl/α,β-unsaturated/α-hetero) is 2. The number of allylic oxidation sites excluding steroid dienone is 4. The fourth-order valence-corrected chi connectivity index (χ4v) is 7.59. The molecule has 6 rings (SSSR count). The van der Waals surface area contributed by atoms with Gasteiger partial charge in [0.2, 0.25) is 0 Å². The number of rotatable bonds is 4. The molecule has 0 heterocycles. The van der Waals surface area contributed by atoms with Crippen molar-refractivity contribution < 1.29 is 23.9 Å². The Morgan fingerprint density at radius 1 is 0.575 bits per heavy atom. The first-order valence-electron chi connectivity index (χ1n) is 14.8. The number of carbonyl (C=O) groups is 3. The molecule has 0 N–H and O–H groups in total. The summed E-state index contributed by atoms with van der Waals surface area (Å²) in [7, 11) is 0. The van der Waals surface area contributed by atoms with Crippen LogP contribution in [0, 0.1) is 24.7 Å². The Balaban J connectivity index is 1.35. The number of ketones is 2. The van der Waals surface area contributed by atoms with Gasteiger partial charge in [-0.2, -0.15) is 0 Å². The number of hydrogen-bond donors (Lipinski definition) is 0. The highest BCUT2D eigenvalue weighted by Crippen LogP contribution is 2.53. The Kier molecular flexibility index (Phi) is 7.02. The predicted octanol–water partition coefficient (Wildman–Crippen LogP) is 8.43. The third kappa shape index (κ3) is 5.18. The maximum absolute atomic E-state index is 13.6. The smallest absolute Gasteiger partial charge is 0.398 e. The summed E-state index contributed by atoms with van der Waals surface area (Å²) >= 11 is 0. The lowest BCUT2D eigenvalue weighted by atomic mass is 9.71. The molecule has 5 nitrogen and oxygen atoms in total. The highest BCUT2D eigenvalue weighted by atomic mass is 16.7. The Hall–Kier alpha value is -3.47. The minimum absolute atomic E-state index is 0.0251. The molecule has 2 aromatic carbocycles. The van der Waals surface area contributed by atoms with Crippen LogP contribution >= 0.6 is 0 Å². The normalized spacial score (nSPS) is 21.9. The number of benzene rings is 2. The van der Waals surface area contributed by atoms with E-state index in [1.165, 1.54) is 0 Å². The van der Waals surface area contributed by atoms with Gasteiger partial charge < -0.3 is 9.47 Å². The lowest BCUT2D eigenvalue weighted by Gasteiger charge is -2.35. The number of ether oxygens (including phenoxy) is 2. The van der Waals surface area contributed by atoms with Gasteiger partial charge in [0.25, 0.3) is 0 Å². The first kappa shape index (κ1) is 26.7. The molecule has 0 radical (unpaired) electrons. The van der Waals surface area contributed by atoms with E-state index in [-0.39, 0.29) is 22.4 Å². The molecule has 2 saturated carbocycles. The van der Waals surface area contributed by atoms with E-state index in [0.717, 1.165) is 73.6 Å². The lowest BCUT2D eigenvalue weighted by molar-refractivity contribution is -0.117. The maximum atomic E-state index is 13.6. The first-order valence-corrected chi connectivity index (χ1v) is 14.8. The van der Waals surface area contributed by atoms with Gasteiger partial charge in [0, 0.05) is 25.7 Å². The quantitative estimate of drug-likeness (QED) is 0.365. The van der Waals surface area contributed by atoms with Crippen molar-refractivity contribution in [3.8, 4) is 0 Å². The van der Waals surface area contributed by atoms with Crippen molar-refractivity contribution in [1.82, 2.24) is 0 Å². The highest BCUT2D eigenvalue weighted by molar-refractivity contribution is 6.23. The third-order valence-corrected chi connectivity index (χ3v) is 9.68. The van der Waals surface area contributed by atoms with Gasteiger partial charge >= 0.3 is 6.16 Å². The average Bonchev–Trinajstić information content (AvgIpc) is 3.55. The van der Waals surface area contributed by atoms with E-state index in [0.29, 0.717) is 48.3 Å². The van der Waals surface area contributed by atoms with E-state index in [2.05, 4.69) is 0 Å². The van der Waals surface area contributed by atoms with Crippen molar-refractivity contribution in [2.75, 3.05) is 0 Å². The van der Waals surface area contributed by atoms with Crippen LogP contribution in [0.3, 0.4) is 0 Å². The van der Waals surface area contributed by atoms with Gasteiger partial charge in [-0.3, -0.25) is 9.59 Å². The second-order valence-electron chi connectivity index (χ2n) is 12.8. The molecule has 0 amide bonds. The summed E-state index contributed by atoms with van der Waals surface area (Å²) in [5.41, 5.74) is 4.39. The zero-order chi connectivity index (χ0) is 27.9. The topological polar surface area (TPSA) is 69.7 Å². The average molecular weight is 539 g/mol. The van der Waals surface area contributed by atoms with Gasteiger partial charge in [0.15, 0.2) is 11.6 Å². The summed E-state index contributed by atoms with van der Waals surface area (Å²) in [5.74, 6) is 0.860. The molecule has 2 aromatic rings. The van der Waals surface area contributed by atoms with Gasteiger partial charge in [0.1, 0.15) is 11.5 Å². The first-order chi connectivity index (χ1) is 19.2. The molecule has 0 aliphatic heterocycles. The standard InChI is InChI=1S/C35H38O5/c1-23-7-11-25(12-8-23)31-27(36)19-34(15-3-4-16-34)21-29(31)39-33(38)40-30-22-35(17-5-6-18-35)20-28(37)32(30)26-13-9-24(2)10-14-26/h7-14H,3-6,15-22H2,1-2H3. The monoisotopic (exact) mass is 538 g/mol. The van der Waals surface area contributed by atoms with Crippen LogP contribution in [-0.4, -0.2) is 17.7 Å². The SMILES string of the molecule is Cc1ccc(C2=C(OC(=O)OC3=C(c4ccc(C)cc4)C(=O)CC4(CCCC4)C3)CC3(CCCC3)CC2=O)cc1. The molecule has 0 atom stereocenters. The fourth-order valence-electron chi connectivity index (χ4n) is 7.59. The summed E-state index contributed by atoms with van der Waals surface area (Å²) in [6.07, 6.45) is 9.38. The Morgan fingerprint density at radius 3 is 1.27 bits per heavy atom. The molecule has 40 heavy (non-hydrogen) atoms. The van der Waals surface area contributed by atoms with E-state index < -0.39 is 6.16 Å². The fraction of sp³-hybridized carbons (Fsp3) is 0.457. The molecular weight excluding hydrogens is 500 g/mol. The van der Waals surface area contributed by atoms with Crippen LogP contribution in [0.4, 0.5) is 4.79 Å². The van der Waals surface area contributed by atoms with E-state index in [4.69, 9.17) is 9.47 Å². The Bertz CT molecular complexity index is 1290. The molecule has 2 fully saturated rings. The van der Waals surface area contributed by atoms with Gasteiger partial charge in [0.05, 0.1) is 11.1 Å². The number of carbonyl (C=O) groups excluding carboxylic acids is 3. The molecule has 0 bridgehead atoms. The zero-order valence-electron chi connectivity index (χ0n) is 23.6. The van der Waals surface area contributed by atoms with E-state index in [1.807, 2.05) is 62.4 Å². The summed E-state index contributed by atoms with van der Waals surface area (Å²) in [4.78, 5) is 40.6. The van der Waals surface area contributed by atoms with Crippen LogP contribution in [0.2, 0.25) is 0 Å². The van der Waals surface area contributed by atoms with Crippen molar-refractivity contribution in [2.45, 2.75) is 90.9 Å². The van der Waals surface area contributed by atoms with Crippen molar-refractivity contribution in [3.05, 3.63) is 82.3 Å². The van der Waals surface area contributed by atoms with Crippen LogP contribution < -0.4 is 0 Å². The van der Waals surface area contributed by atoms with Crippen LogP contribution in [0.15, 0.2) is 60.0 Å². The van der Waals surface area contributed by atoms with Crippen LogP contribution in [-0.2, 0) is 19.1 Å². The largest absolute Gasteiger partial charge is 0.518 e. The van der Waals surface area contributed by atoms with Gasteiger partial charge in [-0.25, -0.2) is 4.79 Å². The van der Waals surface area contributed by atoms with Gasteiger partial charge in [-0.15, -0.1) is 0 Å². The van der Waals surface area contributed by atoms with Crippen LogP contribution in [0.5, 0.6) is 0 Å². The lowest BCUT2D eigenvalue weighted by Crippen LogP contribution is -2.31. The number of hydrogen-bond acceptors (Lipinski definition) is 5. The minimum Gasteiger partial charge on any atom is -0.398 e. The summed E-state index contributed by atoms with van der Waals surface area (Å²) in [6, 6.07) is 15.6. The summed E-state index contributed by atoms with van der Waals surface area (Å²) in [5, 5.41) is 0. The van der Waals surface area contributed by atoms with Crippen molar-refractivity contribution >= 4 is 28.9 Å². The molecule has 0 unspecified atom stereocenters.